The van der Waals surface area contributed by atoms with Crippen LogP contribution in [0.3, 0.4) is 0 Å². The lowest BCUT2D eigenvalue weighted by molar-refractivity contribution is -0.137. The Hall–Kier alpha value is -0.830. The number of carboxylic acid groups (broad SMARTS) is 1. The molecule has 0 saturated carbocycles. The molecule has 0 aliphatic carbocycles. The van der Waals surface area contributed by atoms with Gasteiger partial charge >= 0.3 is 5.97 Å². The lowest BCUT2D eigenvalue weighted by atomic mass is 10.00. The van der Waals surface area contributed by atoms with Gasteiger partial charge in [0.2, 0.25) is 0 Å². The molecule has 0 saturated heterocycles. The summed E-state index contributed by atoms with van der Waals surface area (Å²) in [5, 5.41) is 8.74. The third kappa shape index (κ3) is 27.4. The molecule has 0 amide bonds. The van der Waals surface area contributed by atoms with Crippen LogP contribution in [-0.4, -0.2) is 36.6 Å². The zero-order valence-corrected chi connectivity index (χ0v) is 23.6. The highest BCUT2D eigenvalue weighted by atomic mass is 16.4. The summed E-state index contributed by atoms with van der Waals surface area (Å²) in [6.07, 6.45) is 33.5. The highest BCUT2D eigenvalue weighted by molar-refractivity contribution is 5.66. The topological polar surface area (TPSA) is 40.5 Å². The minimum atomic E-state index is -0.666. The molecule has 0 aromatic rings. The first kappa shape index (κ1) is 33.2. The molecule has 0 aliphatic rings. The van der Waals surface area contributed by atoms with E-state index in [9.17, 15) is 4.79 Å². The van der Waals surface area contributed by atoms with E-state index in [-0.39, 0.29) is 0 Å². The normalized spacial score (nSPS) is 12.1. The number of unbranched alkanes of at least 4 members (excludes halogenated alkanes) is 19. The average Bonchev–Trinajstić information content (AvgIpc) is 2.80. The third-order valence-corrected chi connectivity index (χ3v) is 7.01. The van der Waals surface area contributed by atoms with E-state index in [0.717, 1.165) is 32.2 Å². The molecule has 0 aromatic carbocycles. The SMILES string of the molecule is CCCCCCCCCCCCCCCCCCCC(=CCCCCCC(=O)O)CCN(C)C. The van der Waals surface area contributed by atoms with Crippen LogP contribution in [-0.2, 0) is 4.79 Å². The van der Waals surface area contributed by atoms with Crippen molar-refractivity contribution in [2.45, 2.75) is 161 Å². The first-order chi connectivity index (χ1) is 16.6. The number of carboxylic acids is 1. The monoisotopic (exact) mass is 479 g/mol. The van der Waals surface area contributed by atoms with Gasteiger partial charge in [0, 0.05) is 13.0 Å². The van der Waals surface area contributed by atoms with E-state index in [4.69, 9.17) is 5.11 Å². The molecule has 0 aliphatic heterocycles. The van der Waals surface area contributed by atoms with Gasteiger partial charge < -0.3 is 10.0 Å². The highest BCUT2D eigenvalue weighted by Crippen LogP contribution is 2.18. The van der Waals surface area contributed by atoms with Gasteiger partial charge in [0.1, 0.15) is 0 Å². The van der Waals surface area contributed by atoms with Crippen LogP contribution in [0.1, 0.15) is 161 Å². The molecule has 0 radical (unpaired) electrons. The Balaban J connectivity index is 3.59. The lowest BCUT2D eigenvalue weighted by Crippen LogP contribution is -2.13. The van der Waals surface area contributed by atoms with E-state index in [1.54, 1.807) is 5.57 Å². The zero-order chi connectivity index (χ0) is 25.1. The van der Waals surface area contributed by atoms with Crippen LogP contribution in [0.5, 0.6) is 0 Å². The predicted molar refractivity (Wildman–Crippen MR) is 151 cm³/mol. The van der Waals surface area contributed by atoms with Gasteiger partial charge in [0.25, 0.3) is 0 Å². The summed E-state index contributed by atoms with van der Waals surface area (Å²) in [5.74, 6) is -0.666. The Morgan fingerprint density at radius 2 is 1.00 bits per heavy atom. The van der Waals surface area contributed by atoms with Gasteiger partial charge in [-0.2, -0.15) is 0 Å². The van der Waals surface area contributed by atoms with Gasteiger partial charge in [-0.1, -0.05) is 128 Å². The van der Waals surface area contributed by atoms with Crippen LogP contribution in [0.2, 0.25) is 0 Å². The third-order valence-electron chi connectivity index (χ3n) is 7.01. The first-order valence-corrected chi connectivity index (χ1v) is 15.1. The standard InChI is InChI=1S/C31H61NO2/c1-4-5-6-7-8-9-10-11-12-13-14-15-16-17-18-19-22-25-30(28-29-32(2)3)26-23-20-21-24-27-31(33)34/h26H,4-25,27-29H2,1-3H3,(H,33,34). The summed E-state index contributed by atoms with van der Waals surface area (Å²) >= 11 is 0. The van der Waals surface area contributed by atoms with Gasteiger partial charge in [-0.15, -0.1) is 0 Å². The lowest BCUT2D eigenvalue weighted by Gasteiger charge is -2.13. The summed E-state index contributed by atoms with van der Waals surface area (Å²) < 4.78 is 0. The van der Waals surface area contributed by atoms with Crippen molar-refractivity contribution >= 4 is 5.97 Å². The van der Waals surface area contributed by atoms with Crippen molar-refractivity contribution in [3.63, 3.8) is 0 Å². The van der Waals surface area contributed by atoms with Crippen molar-refractivity contribution in [1.29, 1.82) is 0 Å². The predicted octanol–water partition coefficient (Wildman–Crippen LogP) is 9.94. The maximum absolute atomic E-state index is 10.6. The maximum atomic E-state index is 10.6. The molecule has 202 valence electrons. The number of allylic oxidation sites excluding steroid dienone is 1. The van der Waals surface area contributed by atoms with Gasteiger partial charge in [-0.05, 0) is 52.6 Å². The fraction of sp³-hybridized carbons (Fsp3) is 0.903. The van der Waals surface area contributed by atoms with E-state index in [1.807, 2.05) is 0 Å². The Labute approximate surface area is 214 Å². The second-order valence-electron chi connectivity index (χ2n) is 10.8. The minimum absolute atomic E-state index is 0.316. The van der Waals surface area contributed by atoms with E-state index in [2.05, 4.69) is 32.0 Å². The molecular weight excluding hydrogens is 418 g/mol. The molecule has 0 aromatic heterocycles. The highest BCUT2D eigenvalue weighted by Gasteiger charge is 2.01. The van der Waals surface area contributed by atoms with Crippen molar-refractivity contribution in [3.05, 3.63) is 11.6 Å². The second kappa shape index (κ2) is 26.8. The van der Waals surface area contributed by atoms with Crippen molar-refractivity contribution in [2.75, 3.05) is 20.6 Å². The van der Waals surface area contributed by atoms with Crippen LogP contribution in [0, 0.1) is 0 Å². The second-order valence-corrected chi connectivity index (χ2v) is 10.8. The van der Waals surface area contributed by atoms with Crippen LogP contribution in [0.15, 0.2) is 11.6 Å². The maximum Gasteiger partial charge on any atom is 0.303 e. The Kier molecular flexibility index (Phi) is 26.1. The molecule has 0 unspecified atom stereocenters. The van der Waals surface area contributed by atoms with E-state index in [0.29, 0.717) is 6.42 Å². The van der Waals surface area contributed by atoms with Crippen LogP contribution in [0.25, 0.3) is 0 Å². The molecule has 0 bridgehead atoms. The Morgan fingerprint density at radius 3 is 1.44 bits per heavy atom. The van der Waals surface area contributed by atoms with E-state index >= 15 is 0 Å². The molecule has 34 heavy (non-hydrogen) atoms. The Bertz CT molecular complexity index is 458. The number of aliphatic carboxylic acids is 1. The fourth-order valence-electron chi connectivity index (χ4n) is 4.68. The molecule has 0 atom stereocenters. The zero-order valence-electron chi connectivity index (χ0n) is 23.6. The van der Waals surface area contributed by atoms with E-state index < -0.39 is 5.97 Å². The number of rotatable bonds is 27. The summed E-state index contributed by atoms with van der Waals surface area (Å²) in [4.78, 5) is 12.9. The smallest absolute Gasteiger partial charge is 0.303 e. The largest absolute Gasteiger partial charge is 0.481 e. The first-order valence-electron chi connectivity index (χ1n) is 15.1. The molecule has 1 N–H and O–H groups in total. The van der Waals surface area contributed by atoms with Crippen molar-refractivity contribution in [3.8, 4) is 0 Å². The summed E-state index contributed by atoms with van der Waals surface area (Å²) in [6, 6.07) is 0. The number of hydrogen-bond acceptors (Lipinski definition) is 2. The van der Waals surface area contributed by atoms with Crippen molar-refractivity contribution < 1.29 is 9.90 Å². The van der Waals surface area contributed by atoms with Crippen molar-refractivity contribution in [2.24, 2.45) is 0 Å². The van der Waals surface area contributed by atoms with Crippen LogP contribution >= 0.6 is 0 Å². The number of hydrogen-bond donors (Lipinski definition) is 1. The molecule has 3 heteroatoms. The fourth-order valence-corrected chi connectivity index (χ4v) is 4.68. The molecule has 0 heterocycles. The summed E-state index contributed by atoms with van der Waals surface area (Å²) in [7, 11) is 4.30. The van der Waals surface area contributed by atoms with E-state index in [1.165, 1.54) is 122 Å². The Morgan fingerprint density at radius 1 is 0.588 bits per heavy atom. The van der Waals surface area contributed by atoms with Gasteiger partial charge in [0.05, 0.1) is 0 Å². The van der Waals surface area contributed by atoms with Gasteiger partial charge in [0.15, 0.2) is 0 Å². The molecule has 0 rings (SSSR count). The quantitative estimate of drug-likeness (QED) is 0.0941. The molecule has 3 nitrogen and oxygen atoms in total. The number of carbonyl (C=O) groups is 1. The number of nitrogens with zero attached hydrogens (tertiary/aromatic N) is 1. The minimum Gasteiger partial charge on any atom is -0.481 e. The summed E-state index contributed by atoms with van der Waals surface area (Å²) in [5.41, 5.74) is 1.62. The van der Waals surface area contributed by atoms with Crippen LogP contribution in [0.4, 0.5) is 0 Å². The van der Waals surface area contributed by atoms with Crippen LogP contribution < -0.4 is 0 Å². The molecular formula is C31H61NO2. The molecule has 0 spiro atoms. The van der Waals surface area contributed by atoms with Gasteiger partial charge in [-0.3, -0.25) is 4.79 Å². The van der Waals surface area contributed by atoms with Gasteiger partial charge in [-0.25, -0.2) is 0 Å². The average molecular weight is 480 g/mol. The van der Waals surface area contributed by atoms with Crippen molar-refractivity contribution in [1.82, 2.24) is 4.90 Å². The molecule has 0 fully saturated rings. The summed E-state index contributed by atoms with van der Waals surface area (Å²) in [6.45, 7) is 3.42.